The zero-order chi connectivity index (χ0) is 21.2. The van der Waals surface area contributed by atoms with Gasteiger partial charge in [0.15, 0.2) is 5.75 Å². The first-order chi connectivity index (χ1) is 13.8. The van der Waals surface area contributed by atoms with Crippen LogP contribution in [0.2, 0.25) is 0 Å². The van der Waals surface area contributed by atoms with Crippen molar-refractivity contribution in [2.24, 2.45) is 10.3 Å². The molecule has 1 aromatic carbocycles. The van der Waals surface area contributed by atoms with Crippen LogP contribution in [0.5, 0.6) is 11.5 Å². The van der Waals surface area contributed by atoms with Gasteiger partial charge in [-0.2, -0.15) is 21.6 Å². The number of nitrogens with one attached hydrogen (secondary N) is 1. The molecule has 0 bridgehead atoms. The van der Waals surface area contributed by atoms with E-state index in [0.717, 1.165) is 18.2 Å². The van der Waals surface area contributed by atoms with Gasteiger partial charge in [-0.05, 0) is 34.5 Å². The standard InChI is InChI=1S/C17H14F3N3O5S/c18-17(19,20)29(24,25)27-15-10-11-16-14(13-15)9-7-5-3-1-2-4-6-8-12-21-22-23-28-26-16/h1-13H,(H,21,23). The van der Waals surface area contributed by atoms with Crippen LogP contribution in [0.3, 0.4) is 0 Å². The van der Waals surface area contributed by atoms with E-state index in [1.54, 1.807) is 48.6 Å². The molecule has 0 saturated carbocycles. The van der Waals surface area contributed by atoms with Crippen molar-refractivity contribution in [2.45, 2.75) is 5.51 Å². The van der Waals surface area contributed by atoms with E-state index in [1.807, 2.05) is 5.59 Å². The van der Waals surface area contributed by atoms with Crippen LogP contribution in [-0.2, 0) is 15.1 Å². The third kappa shape index (κ3) is 7.27. The molecule has 1 N–H and O–H groups in total. The Balaban J connectivity index is 2.29. The van der Waals surface area contributed by atoms with Crippen molar-refractivity contribution in [3.8, 4) is 11.5 Å². The van der Waals surface area contributed by atoms with E-state index in [-0.39, 0.29) is 11.3 Å². The molecule has 0 aliphatic carbocycles. The number of nitrogens with zero attached hydrogens (tertiary/aromatic N) is 2. The highest BCUT2D eigenvalue weighted by Gasteiger charge is 2.48. The lowest BCUT2D eigenvalue weighted by Gasteiger charge is -2.11. The van der Waals surface area contributed by atoms with Crippen molar-refractivity contribution in [3.05, 3.63) is 78.6 Å². The maximum atomic E-state index is 12.5. The number of rotatable bonds is 2. The average molecular weight is 429 g/mol. The lowest BCUT2D eigenvalue weighted by molar-refractivity contribution is -0.259. The van der Waals surface area contributed by atoms with E-state index in [1.165, 1.54) is 12.3 Å². The summed E-state index contributed by atoms with van der Waals surface area (Å²) in [6, 6.07) is 3.15. The Morgan fingerprint density at radius 2 is 1.62 bits per heavy atom. The zero-order valence-corrected chi connectivity index (χ0v) is 15.3. The number of allylic oxidation sites excluding steroid dienone is 8. The van der Waals surface area contributed by atoms with Gasteiger partial charge in [0.25, 0.3) is 0 Å². The Kier molecular flexibility index (Phi) is 7.74. The number of hydrogen-bond acceptors (Lipinski definition) is 8. The Bertz CT molecular complexity index is 981. The first-order valence-electron chi connectivity index (χ1n) is 7.76. The molecule has 1 heterocycles. The summed E-state index contributed by atoms with van der Waals surface area (Å²) >= 11 is 0. The predicted molar refractivity (Wildman–Crippen MR) is 97.3 cm³/mol. The van der Waals surface area contributed by atoms with Crippen molar-refractivity contribution < 1.29 is 35.6 Å². The largest absolute Gasteiger partial charge is 0.534 e. The van der Waals surface area contributed by atoms with E-state index in [9.17, 15) is 21.6 Å². The molecule has 1 aliphatic heterocycles. The number of hydrogen-bond donors (Lipinski definition) is 1. The molecule has 0 saturated heterocycles. The fourth-order valence-corrected chi connectivity index (χ4v) is 2.18. The third-order valence-electron chi connectivity index (χ3n) is 2.94. The van der Waals surface area contributed by atoms with Gasteiger partial charge in [-0.15, -0.1) is 10.7 Å². The molecule has 0 atom stereocenters. The SMILES string of the molecule is O=S(=O)(Oc1ccc2c(c1)C=CC=CC=CC=CC=CN=NNOO2)C(F)(F)F. The molecule has 0 radical (unpaired) electrons. The summed E-state index contributed by atoms with van der Waals surface area (Å²) < 4.78 is 63.9. The molecule has 29 heavy (non-hydrogen) atoms. The maximum absolute atomic E-state index is 12.5. The summed E-state index contributed by atoms with van der Waals surface area (Å²) in [5, 5.41) is 7.00. The summed E-state index contributed by atoms with van der Waals surface area (Å²) in [6.45, 7) is 0. The molecular formula is C17H14F3N3O5S. The second-order valence-corrected chi connectivity index (χ2v) is 6.55. The second-order valence-electron chi connectivity index (χ2n) is 5.01. The van der Waals surface area contributed by atoms with Crippen LogP contribution >= 0.6 is 0 Å². The molecule has 2 rings (SSSR count). The molecule has 1 aromatic rings. The lowest BCUT2D eigenvalue weighted by atomic mass is 10.1. The van der Waals surface area contributed by atoms with Gasteiger partial charge in [0.2, 0.25) is 0 Å². The topological polar surface area (TPSA) is 98.6 Å². The van der Waals surface area contributed by atoms with Crippen LogP contribution in [0.15, 0.2) is 83.3 Å². The summed E-state index contributed by atoms with van der Waals surface area (Å²) in [5.41, 5.74) is -3.37. The van der Waals surface area contributed by atoms with Crippen LogP contribution in [0.4, 0.5) is 13.2 Å². The van der Waals surface area contributed by atoms with Crippen molar-refractivity contribution in [1.29, 1.82) is 0 Å². The number of benzene rings is 1. The third-order valence-corrected chi connectivity index (χ3v) is 3.92. The molecular weight excluding hydrogens is 415 g/mol. The molecule has 154 valence electrons. The molecule has 0 unspecified atom stereocenters. The summed E-state index contributed by atoms with van der Waals surface area (Å²) in [5.74, 6) is -0.529. The highest BCUT2D eigenvalue weighted by molar-refractivity contribution is 7.88. The number of halogens is 3. The van der Waals surface area contributed by atoms with Gasteiger partial charge in [-0.25, -0.2) is 0 Å². The Labute approximate surface area is 164 Å². The van der Waals surface area contributed by atoms with E-state index >= 15 is 0 Å². The lowest BCUT2D eigenvalue weighted by Crippen LogP contribution is -2.28. The monoisotopic (exact) mass is 429 g/mol. The fourth-order valence-electron chi connectivity index (χ4n) is 1.73. The summed E-state index contributed by atoms with van der Waals surface area (Å²) in [7, 11) is -5.81. The minimum atomic E-state index is -5.81. The fraction of sp³-hybridized carbons (Fsp3) is 0.0588. The minimum Gasteiger partial charge on any atom is -0.376 e. The van der Waals surface area contributed by atoms with Crippen LogP contribution in [-0.4, -0.2) is 13.9 Å². The average Bonchev–Trinajstić information content (AvgIpc) is 2.64. The molecule has 0 aromatic heterocycles. The summed E-state index contributed by atoms with van der Waals surface area (Å²) in [6.07, 6.45) is 16.2. The molecule has 12 heteroatoms. The highest BCUT2D eigenvalue weighted by Crippen LogP contribution is 2.30. The second kappa shape index (κ2) is 10.2. The molecule has 0 fully saturated rings. The van der Waals surface area contributed by atoms with Crippen molar-refractivity contribution in [1.82, 2.24) is 5.59 Å². The van der Waals surface area contributed by atoms with Crippen LogP contribution in [0.25, 0.3) is 6.08 Å². The Morgan fingerprint density at radius 3 is 2.31 bits per heavy atom. The van der Waals surface area contributed by atoms with Gasteiger partial charge in [0.05, 0.1) is 6.20 Å². The van der Waals surface area contributed by atoms with Crippen molar-refractivity contribution in [3.63, 3.8) is 0 Å². The molecule has 1 aliphatic rings. The summed E-state index contributed by atoms with van der Waals surface area (Å²) in [4.78, 5) is 9.56. The first kappa shape index (κ1) is 21.9. The number of fused-ring (bicyclic) bond motifs is 1. The quantitative estimate of drug-likeness (QED) is 0.427. The predicted octanol–water partition coefficient (Wildman–Crippen LogP) is 4.31. The first-order valence-corrected chi connectivity index (χ1v) is 9.17. The van der Waals surface area contributed by atoms with Crippen LogP contribution < -0.4 is 14.7 Å². The van der Waals surface area contributed by atoms with Gasteiger partial charge in [0, 0.05) is 5.56 Å². The minimum absolute atomic E-state index is 0.0335. The van der Waals surface area contributed by atoms with E-state index < -0.39 is 21.4 Å². The normalized spacial score (nSPS) is 15.3. The smallest absolute Gasteiger partial charge is 0.376 e. The zero-order valence-electron chi connectivity index (χ0n) is 14.5. The number of alkyl halides is 3. The van der Waals surface area contributed by atoms with Crippen molar-refractivity contribution in [2.75, 3.05) is 0 Å². The Hall–Kier alpha value is -3.38. The van der Waals surface area contributed by atoms with Gasteiger partial charge in [-0.3, -0.25) is 0 Å². The van der Waals surface area contributed by atoms with E-state index in [0.29, 0.717) is 0 Å². The van der Waals surface area contributed by atoms with Crippen molar-refractivity contribution >= 4 is 16.2 Å². The van der Waals surface area contributed by atoms with Gasteiger partial charge in [0.1, 0.15) is 5.75 Å². The molecule has 0 spiro atoms. The van der Waals surface area contributed by atoms with E-state index in [2.05, 4.69) is 19.5 Å². The van der Waals surface area contributed by atoms with E-state index in [4.69, 9.17) is 4.89 Å². The highest BCUT2D eigenvalue weighted by atomic mass is 32.2. The van der Waals surface area contributed by atoms with Crippen LogP contribution in [0.1, 0.15) is 5.56 Å². The van der Waals surface area contributed by atoms with Gasteiger partial charge in [-0.1, -0.05) is 48.6 Å². The van der Waals surface area contributed by atoms with Crippen LogP contribution in [0, 0.1) is 0 Å². The maximum Gasteiger partial charge on any atom is 0.534 e. The Morgan fingerprint density at radius 1 is 0.966 bits per heavy atom. The molecule has 8 nitrogen and oxygen atoms in total. The molecule has 0 amide bonds. The van der Waals surface area contributed by atoms with Gasteiger partial charge >= 0.3 is 15.6 Å². The van der Waals surface area contributed by atoms with Gasteiger partial charge < -0.3 is 9.07 Å².